The summed E-state index contributed by atoms with van der Waals surface area (Å²) in [6.45, 7) is 0.132. The fourth-order valence-electron chi connectivity index (χ4n) is 3.26. The van der Waals surface area contributed by atoms with Crippen LogP contribution >= 0.6 is 0 Å². The van der Waals surface area contributed by atoms with E-state index in [0.717, 1.165) is 6.26 Å². The number of carbonyl (C=O) groups excluding carboxylic acids is 2. The Hall–Kier alpha value is -3.85. The molecule has 0 atom stereocenters. The van der Waals surface area contributed by atoms with E-state index in [9.17, 15) is 18.0 Å². The molecular formula is C23H20N2O6S. The fraction of sp³-hybridized carbons (Fsp3) is 0.130. The third-order valence-corrected chi connectivity index (χ3v) is 5.53. The van der Waals surface area contributed by atoms with E-state index in [4.69, 9.17) is 9.47 Å². The molecule has 3 aromatic carbocycles. The summed E-state index contributed by atoms with van der Waals surface area (Å²) in [6, 6.07) is 18.0. The molecule has 0 unspecified atom stereocenters. The summed E-state index contributed by atoms with van der Waals surface area (Å²) in [4.78, 5) is 25.6. The van der Waals surface area contributed by atoms with Crippen LogP contribution in [0.25, 0.3) is 0 Å². The highest BCUT2D eigenvalue weighted by atomic mass is 32.2. The first kappa shape index (κ1) is 21.4. The summed E-state index contributed by atoms with van der Waals surface area (Å²) >= 11 is 0. The number of rotatable bonds is 6. The number of para-hydroxylation sites is 1. The zero-order valence-electron chi connectivity index (χ0n) is 17.1. The predicted octanol–water partition coefficient (Wildman–Crippen LogP) is 3.46. The summed E-state index contributed by atoms with van der Waals surface area (Å²) in [7, 11) is -3.23. The molecule has 2 N–H and O–H groups in total. The molecule has 1 aliphatic rings. The van der Waals surface area contributed by atoms with Crippen molar-refractivity contribution in [3.63, 3.8) is 0 Å². The Kier molecular flexibility index (Phi) is 5.83. The summed E-state index contributed by atoms with van der Waals surface area (Å²) in [5.41, 5.74) is 1.91. The van der Waals surface area contributed by atoms with Crippen molar-refractivity contribution in [3.05, 3.63) is 83.4 Å². The Bertz CT molecular complexity index is 1300. The Balaban J connectivity index is 1.51. The molecular weight excluding hydrogens is 432 g/mol. The van der Waals surface area contributed by atoms with Gasteiger partial charge < -0.3 is 20.1 Å². The van der Waals surface area contributed by atoms with Crippen molar-refractivity contribution in [2.75, 3.05) is 23.7 Å². The van der Waals surface area contributed by atoms with E-state index in [2.05, 4.69) is 10.6 Å². The molecule has 0 aromatic heterocycles. The monoisotopic (exact) mass is 452 g/mol. The van der Waals surface area contributed by atoms with Gasteiger partial charge in [-0.1, -0.05) is 24.3 Å². The largest absolute Gasteiger partial charge is 0.454 e. The van der Waals surface area contributed by atoms with E-state index in [1.54, 1.807) is 60.7 Å². The lowest BCUT2D eigenvalue weighted by atomic mass is 10.1. The molecule has 8 nitrogen and oxygen atoms in total. The molecule has 0 fully saturated rings. The van der Waals surface area contributed by atoms with Crippen molar-refractivity contribution in [1.29, 1.82) is 0 Å². The Morgan fingerprint density at radius 1 is 0.875 bits per heavy atom. The average molecular weight is 452 g/mol. The Labute approximate surface area is 185 Å². The quantitative estimate of drug-likeness (QED) is 0.593. The van der Waals surface area contributed by atoms with Crippen molar-refractivity contribution >= 4 is 33.0 Å². The van der Waals surface area contributed by atoms with Gasteiger partial charge in [0.1, 0.15) is 0 Å². The third kappa shape index (κ3) is 5.06. The maximum Gasteiger partial charge on any atom is 0.257 e. The van der Waals surface area contributed by atoms with Crippen LogP contribution in [0, 0.1) is 0 Å². The average Bonchev–Trinajstić information content (AvgIpc) is 3.21. The first-order chi connectivity index (χ1) is 15.3. The first-order valence-electron chi connectivity index (χ1n) is 9.66. The number of benzene rings is 3. The lowest BCUT2D eigenvalue weighted by molar-refractivity contribution is 0.102. The van der Waals surface area contributed by atoms with Crippen LogP contribution in [0.3, 0.4) is 0 Å². The van der Waals surface area contributed by atoms with Crippen LogP contribution in [-0.2, 0) is 15.6 Å². The van der Waals surface area contributed by atoms with Gasteiger partial charge in [0.25, 0.3) is 11.8 Å². The van der Waals surface area contributed by atoms with Crippen LogP contribution in [0.4, 0.5) is 11.4 Å². The minimum Gasteiger partial charge on any atom is -0.454 e. The second-order valence-electron chi connectivity index (χ2n) is 7.29. The molecule has 1 aliphatic heterocycles. The zero-order valence-corrected chi connectivity index (χ0v) is 17.9. The highest BCUT2D eigenvalue weighted by molar-refractivity contribution is 7.89. The third-order valence-electron chi connectivity index (χ3n) is 4.67. The molecule has 0 saturated heterocycles. The number of anilines is 2. The van der Waals surface area contributed by atoms with Gasteiger partial charge in [-0.3, -0.25) is 9.59 Å². The molecule has 32 heavy (non-hydrogen) atoms. The van der Waals surface area contributed by atoms with Gasteiger partial charge in [-0.2, -0.15) is 0 Å². The topological polar surface area (TPSA) is 111 Å². The smallest absolute Gasteiger partial charge is 0.257 e. The molecule has 1 heterocycles. The summed E-state index contributed by atoms with van der Waals surface area (Å²) < 4.78 is 33.7. The van der Waals surface area contributed by atoms with Crippen LogP contribution in [0.2, 0.25) is 0 Å². The number of carbonyl (C=O) groups is 2. The summed E-state index contributed by atoms with van der Waals surface area (Å²) in [5.74, 6) is 0.115. The fourth-order valence-corrected chi connectivity index (χ4v) is 4.05. The van der Waals surface area contributed by atoms with Gasteiger partial charge >= 0.3 is 0 Å². The second-order valence-corrected chi connectivity index (χ2v) is 9.43. The number of hydrogen-bond acceptors (Lipinski definition) is 6. The van der Waals surface area contributed by atoms with E-state index >= 15 is 0 Å². The van der Waals surface area contributed by atoms with Crippen molar-refractivity contribution in [3.8, 4) is 11.5 Å². The SMILES string of the molecule is CS(=O)(=O)Cc1cccc(C(=O)Nc2ccccc2C(=O)Nc2ccc3c(c2)OCO3)c1. The molecule has 0 radical (unpaired) electrons. The molecule has 4 rings (SSSR count). The molecule has 2 amide bonds. The standard InChI is InChI=1S/C23H20N2O6S/c1-32(28,29)13-15-5-4-6-16(11-15)22(26)25-19-8-3-2-7-18(19)23(27)24-17-9-10-20-21(12-17)31-14-30-20/h2-12H,13-14H2,1H3,(H,24,27)(H,25,26). The lowest BCUT2D eigenvalue weighted by Crippen LogP contribution is -2.18. The number of nitrogens with one attached hydrogen (secondary N) is 2. The van der Waals surface area contributed by atoms with Crippen molar-refractivity contribution < 1.29 is 27.5 Å². The van der Waals surface area contributed by atoms with Gasteiger partial charge in [-0.05, 0) is 42.0 Å². The number of sulfone groups is 1. The molecule has 0 aliphatic carbocycles. The maximum absolute atomic E-state index is 12.9. The van der Waals surface area contributed by atoms with E-state index in [1.807, 2.05) is 0 Å². The van der Waals surface area contributed by atoms with Crippen LogP contribution in [0.1, 0.15) is 26.3 Å². The van der Waals surface area contributed by atoms with E-state index in [-0.39, 0.29) is 23.7 Å². The van der Waals surface area contributed by atoms with Gasteiger partial charge in [-0.15, -0.1) is 0 Å². The number of ether oxygens (including phenoxy) is 2. The Morgan fingerprint density at radius 3 is 2.47 bits per heavy atom. The van der Waals surface area contributed by atoms with E-state index in [0.29, 0.717) is 28.4 Å². The minimum atomic E-state index is -3.23. The predicted molar refractivity (Wildman–Crippen MR) is 120 cm³/mol. The number of amides is 2. The van der Waals surface area contributed by atoms with Crippen molar-refractivity contribution in [2.45, 2.75) is 5.75 Å². The van der Waals surface area contributed by atoms with E-state index < -0.39 is 21.7 Å². The van der Waals surface area contributed by atoms with Crippen molar-refractivity contribution in [2.24, 2.45) is 0 Å². The second kappa shape index (κ2) is 8.72. The molecule has 0 spiro atoms. The van der Waals surface area contributed by atoms with Gasteiger partial charge in [0, 0.05) is 23.6 Å². The van der Waals surface area contributed by atoms with Crippen LogP contribution in [-0.4, -0.2) is 33.3 Å². The van der Waals surface area contributed by atoms with Crippen LogP contribution in [0.5, 0.6) is 11.5 Å². The van der Waals surface area contributed by atoms with E-state index in [1.165, 1.54) is 6.07 Å². The highest BCUT2D eigenvalue weighted by Crippen LogP contribution is 2.34. The Morgan fingerprint density at radius 2 is 1.66 bits per heavy atom. The molecule has 0 bridgehead atoms. The molecule has 9 heteroatoms. The normalized spacial score (nSPS) is 12.3. The maximum atomic E-state index is 12.9. The molecule has 3 aromatic rings. The lowest BCUT2D eigenvalue weighted by Gasteiger charge is -2.12. The van der Waals surface area contributed by atoms with Crippen LogP contribution in [0.15, 0.2) is 66.7 Å². The highest BCUT2D eigenvalue weighted by Gasteiger charge is 2.17. The number of hydrogen-bond donors (Lipinski definition) is 2. The van der Waals surface area contributed by atoms with Gasteiger partial charge in [-0.25, -0.2) is 8.42 Å². The van der Waals surface area contributed by atoms with Crippen LogP contribution < -0.4 is 20.1 Å². The summed E-state index contributed by atoms with van der Waals surface area (Å²) in [6.07, 6.45) is 1.13. The first-order valence-corrected chi connectivity index (χ1v) is 11.7. The number of fused-ring (bicyclic) bond motifs is 1. The zero-order chi connectivity index (χ0) is 22.7. The van der Waals surface area contributed by atoms with Gasteiger partial charge in [0.05, 0.1) is 17.0 Å². The molecule has 0 saturated carbocycles. The summed E-state index contributed by atoms with van der Waals surface area (Å²) in [5, 5.41) is 5.52. The van der Waals surface area contributed by atoms with Gasteiger partial charge in [0.15, 0.2) is 21.3 Å². The van der Waals surface area contributed by atoms with Crippen molar-refractivity contribution in [1.82, 2.24) is 0 Å². The minimum absolute atomic E-state index is 0.132. The molecule has 164 valence electrons. The van der Waals surface area contributed by atoms with Gasteiger partial charge in [0.2, 0.25) is 6.79 Å².